The second kappa shape index (κ2) is 5.13. The zero-order chi connectivity index (χ0) is 8.81. The lowest BCUT2D eigenvalue weighted by Crippen LogP contribution is -2.03. The van der Waals surface area contributed by atoms with Crippen molar-refractivity contribution in [2.45, 2.75) is 45.4 Å². The quantitative estimate of drug-likeness (QED) is 0.357. The van der Waals surface area contributed by atoms with Crippen LogP contribution in [0.15, 0.2) is 11.6 Å². The normalized spacial score (nSPS) is 23.8. The Morgan fingerprint density at radius 3 is 2.58 bits per heavy atom. The number of hydrogen-bond acceptors (Lipinski definition) is 1. The third-order valence-corrected chi connectivity index (χ3v) is 2.63. The van der Waals surface area contributed by atoms with Gasteiger partial charge >= 0.3 is 0 Å². The lowest BCUT2D eigenvalue weighted by molar-refractivity contribution is -0.107. The molecule has 0 radical (unpaired) electrons. The molecule has 12 heavy (non-hydrogen) atoms. The highest BCUT2D eigenvalue weighted by Gasteiger charge is 2.11. The lowest BCUT2D eigenvalue weighted by Gasteiger charge is -2.19. The highest BCUT2D eigenvalue weighted by atomic mass is 16.1. The van der Waals surface area contributed by atoms with E-state index in [9.17, 15) is 4.79 Å². The van der Waals surface area contributed by atoms with E-state index >= 15 is 0 Å². The second-order valence-corrected chi connectivity index (χ2v) is 3.79. The molecule has 0 aromatic rings. The molecule has 0 saturated heterocycles. The van der Waals surface area contributed by atoms with E-state index in [4.69, 9.17) is 0 Å². The summed E-state index contributed by atoms with van der Waals surface area (Å²) in [5.41, 5.74) is 1.58. The molecule has 0 N–H and O–H groups in total. The van der Waals surface area contributed by atoms with Crippen molar-refractivity contribution >= 4 is 6.29 Å². The fourth-order valence-electron chi connectivity index (χ4n) is 1.69. The first-order chi connectivity index (χ1) is 5.83. The highest BCUT2D eigenvalue weighted by molar-refractivity contribution is 5.49. The molecule has 0 heterocycles. The molecule has 1 aliphatic carbocycles. The first-order valence-corrected chi connectivity index (χ1v) is 4.94. The summed E-state index contributed by atoms with van der Waals surface area (Å²) in [5, 5.41) is 0. The van der Waals surface area contributed by atoms with E-state index < -0.39 is 0 Å². The first kappa shape index (κ1) is 9.50. The SMILES string of the molecule is CC1CCC(=CCCC=O)CC1. The van der Waals surface area contributed by atoms with Crippen molar-refractivity contribution in [2.24, 2.45) is 5.92 Å². The van der Waals surface area contributed by atoms with Gasteiger partial charge in [0.05, 0.1) is 0 Å². The van der Waals surface area contributed by atoms with Crippen molar-refractivity contribution in [3.8, 4) is 0 Å². The molecule has 0 bridgehead atoms. The molecule has 0 unspecified atom stereocenters. The molecule has 68 valence electrons. The monoisotopic (exact) mass is 166 g/mol. The minimum atomic E-state index is 0.694. The molecule has 0 amide bonds. The van der Waals surface area contributed by atoms with Crippen molar-refractivity contribution in [1.29, 1.82) is 0 Å². The van der Waals surface area contributed by atoms with Crippen LogP contribution in [-0.2, 0) is 4.79 Å². The van der Waals surface area contributed by atoms with Crippen LogP contribution in [0.5, 0.6) is 0 Å². The molecule has 0 aromatic carbocycles. The summed E-state index contributed by atoms with van der Waals surface area (Å²) in [7, 11) is 0. The standard InChI is InChI=1S/C11H18O/c1-10-5-7-11(8-6-10)4-2-3-9-12/h4,9-10H,2-3,5-8H2,1H3. The number of carbonyl (C=O) groups is 1. The summed E-state index contributed by atoms with van der Waals surface area (Å²) in [5.74, 6) is 0.910. The van der Waals surface area contributed by atoms with Crippen LogP contribution in [0.3, 0.4) is 0 Å². The smallest absolute Gasteiger partial charge is 0.120 e. The lowest BCUT2D eigenvalue weighted by atomic mass is 9.87. The van der Waals surface area contributed by atoms with E-state index in [1.165, 1.54) is 25.7 Å². The summed E-state index contributed by atoms with van der Waals surface area (Å²) >= 11 is 0. The molecule has 1 fully saturated rings. The third-order valence-electron chi connectivity index (χ3n) is 2.63. The maximum atomic E-state index is 10.1. The molecule has 1 nitrogen and oxygen atoms in total. The van der Waals surface area contributed by atoms with Crippen molar-refractivity contribution in [2.75, 3.05) is 0 Å². The largest absolute Gasteiger partial charge is 0.303 e. The van der Waals surface area contributed by atoms with E-state index in [1.54, 1.807) is 5.57 Å². The van der Waals surface area contributed by atoms with Crippen molar-refractivity contribution in [3.63, 3.8) is 0 Å². The van der Waals surface area contributed by atoms with E-state index in [0.29, 0.717) is 6.42 Å². The van der Waals surface area contributed by atoms with Crippen molar-refractivity contribution in [1.82, 2.24) is 0 Å². The molecule has 0 spiro atoms. The average molecular weight is 166 g/mol. The van der Waals surface area contributed by atoms with Crippen LogP contribution in [0, 0.1) is 5.92 Å². The summed E-state index contributed by atoms with van der Waals surface area (Å²) < 4.78 is 0. The third kappa shape index (κ3) is 3.21. The number of hydrogen-bond donors (Lipinski definition) is 0. The number of allylic oxidation sites excluding steroid dienone is 2. The van der Waals surface area contributed by atoms with Crippen LogP contribution in [0.2, 0.25) is 0 Å². The van der Waals surface area contributed by atoms with Crippen molar-refractivity contribution in [3.05, 3.63) is 11.6 Å². The Morgan fingerprint density at radius 1 is 1.33 bits per heavy atom. The van der Waals surface area contributed by atoms with E-state index in [-0.39, 0.29) is 0 Å². The molecular weight excluding hydrogens is 148 g/mol. The van der Waals surface area contributed by atoms with Gasteiger partial charge in [0.2, 0.25) is 0 Å². The van der Waals surface area contributed by atoms with Gasteiger partial charge in [-0.15, -0.1) is 0 Å². The van der Waals surface area contributed by atoms with E-state index in [2.05, 4.69) is 13.0 Å². The minimum Gasteiger partial charge on any atom is -0.303 e. The van der Waals surface area contributed by atoms with E-state index in [1.807, 2.05) is 0 Å². The molecule has 1 rings (SSSR count). The molecule has 0 aromatic heterocycles. The Labute approximate surface area is 74.9 Å². The van der Waals surface area contributed by atoms with Crippen LogP contribution in [0.1, 0.15) is 45.4 Å². The van der Waals surface area contributed by atoms with Gasteiger partial charge < -0.3 is 4.79 Å². The fraction of sp³-hybridized carbons (Fsp3) is 0.727. The van der Waals surface area contributed by atoms with Crippen LogP contribution >= 0.6 is 0 Å². The van der Waals surface area contributed by atoms with Crippen LogP contribution in [0.25, 0.3) is 0 Å². The van der Waals surface area contributed by atoms with E-state index in [0.717, 1.165) is 18.6 Å². The molecule has 1 saturated carbocycles. The van der Waals surface area contributed by atoms with Gasteiger partial charge in [-0.1, -0.05) is 18.6 Å². The maximum Gasteiger partial charge on any atom is 0.120 e. The number of rotatable bonds is 3. The summed E-state index contributed by atoms with van der Waals surface area (Å²) in [6, 6.07) is 0. The Kier molecular flexibility index (Phi) is 4.06. The first-order valence-electron chi connectivity index (χ1n) is 4.94. The van der Waals surface area contributed by atoms with Crippen LogP contribution < -0.4 is 0 Å². The predicted molar refractivity (Wildman–Crippen MR) is 51.0 cm³/mol. The Morgan fingerprint density at radius 2 is 2.00 bits per heavy atom. The molecule has 0 aliphatic heterocycles. The van der Waals surface area contributed by atoms with Gasteiger partial charge in [0.1, 0.15) is 6.29 Å². The van der Waals surface area contributed by atoms with Gasteiger partial charge in [-0.05, 0) is 38.0 Å². The van der Waals surface area contributed by atoms with Gasteiger partial charge in [-0.2, -0.15) is 0 Å². The maximum absolute atomic E-state index is 10.1. The molecule has 1 heteroatoms. The number of carbonyl (C=O) groups excluding carboxylic acids is 1. The Bertz CT molecular complexity index is 160. The predicted octanol–water partition coefficient (Wildman–Crippen LogP) is 3.10. The zero-order valence-electron chi connectivity index (χ0n) is 7.88. The topological polar surface area (TPSA) is 17.1 Å². The summed E-state index contributed by atoms with van der Waals surface area (Å²) in [6.45, 7) is 2.32. The summed E-state index contributed by atoms with van der Waals surface area (Å²) in [6.07, 6.45) is 10.1. The average Bonchev–Trinajstić information content (AvgIpc) is 2.09. The number of aldehydes is 1. The van der Waals surface area contributed by atoms with Gasteiger partial charge in [0, 0.05) is 6.42 Å². The Hall–Kier alpha value is -0.590. The molecule has 1 aliphatic rings. The minimum absolute atomic E-state index is 0.694. The molecule has 0 atom stereocenters. The highest BCUT2D eigenvalue weighted by Crippen LogP contribution is 2.27. The van der Waals surface area contributed by atoms with Gasteiger partial charge in [0.15, 0.2) is 0 Å². The fourth-order valence-corrected chi connectivity index (χ4v) is 1.69. The summed E-state index contributed by atoms with van der Waals surface area (Å²) in [4.78, 5) is 10.1. The zero-order valence-corrected chi connectivity index (χ0v) is 7.88. The van der Waals surface area contributed by atoms with Gasteiger partial charge in [-0.25, -0.2) is 0 Å². The Balaban J connectivity index is 2.23. The second-order valence-electron chi connectivity index (χ2n) is 3.79. The number of unbranched alkanes of at least 4 members (excludes halogenated alkanes) is 1. The van der Waals surface area contributed by atoms with Crippen LogP contribution in [0.4, 0.5) is 0 Å². The van der Waals surface area contributed by atoms with Crippen LogP contribution in [-0.4, -0.2) is 6.29 Å². The van der Waals surface area contributed by atoms with Gasteiger partial charge in [-0.3, -0.25) is 0 Å². The molecular formula is C11H18O. The van der Waals surface area contributed by atoms with Crippen molar-refractivity contribution < 1.29 is 4.79 Å². The van der Waals surface area contributed by atoms with Gasteiger partial charge in [0.25, 0.3) is 0 Å².